The van der Waals surface area contributed by atoms with Crippen LogP contribution in [0.5, 0.6) is 11.5 Å². The number of nitrogens with zero attached hydrogens (tertiary/aromatic N) is 9. The largest absolute Gasteiger partial charge is 0.426 e. The van der Waals surface area contributed by atoms with Crippen LogP contribution in [0.15, 0.2) is 64.1 Å². The van der Waals surface area contributed by atoms with Gasteiger partial charge in [-0.25, -0.2) is 23.4 Å². The van der Waals surface area contributed by atoms with Crippen LogP contribution in [-0.4, -0.2) is 67.5 Å². The maximum atomic E-state index is 13.6. The van der Waals surface area contributed by atoms with Gasteiger partial charge in [0, 0.05) is 43.6 Å². The lowest BCUT2D eigenvalue weighted by atomic mass is 9.73. The molecule has 2 amide bonds. The van der Waals surface area contributed by atoms with Crippen molar-refractivity contribution < 1.29 is 28.7 Å². The van der Waals surface area contributed by atoms with Crippen LogP contribution in [-0.2, 0) is 29.1 Å². The zero-order valence-corrected chi connectivity index (χ0v) is 33.3. The molecule has 4 N–H and O–H groups in total. The molecule has 1 aromatic carbocycles. The fourth-order valence-corrected chi connectivity index (χ4v) is 7.30. The number of carbonyl (C=O) groups excluding carboxylic acids is 4. The zero-order chi connectivity index (χ0) is 42.4. The first-order chi connectivity index (χ1) is 28.3. The van der Waals surface area contributed by atoms with Gasteiger partial charge in [0.1, 0.15) is 17.8 Å². The van der Waals surface area contributed by atoms with Crippen LogP contribution in [0.3, 0.4) is 0 Å². The van der Waals surface area contributed by atoms with Crippen LogP contribution in [0, 0.1) is 5.92 Å². The highest BCUT2D eigenvalue weighted by molar-refractivity contribution is 5.98. The lowest BCUT2D eigenvalue weighted by molar-refractivity contribution is -0.135. The molecular weight excluding hydrogens is 763 g/mol. The van der Waals surface area contributed by atoms with E-state index < -0.39 is 35.1 Å². The first-order valence-electron chi connectivity index (χ1n) is 19.5. The summed E-state index contributed by atoms with van der Waals surface area (Å²) in [6.07, 6.45) is 9.89. The van der Waals surface area contributed by atoms with Crippen molar-refractivity contribution in [3.63, 3.8) is 0 Å². The van der Waals surface area contributed by atoms with Gasteiger partial charge in [0.2, 0.25) is 0 Å². The molecule has 4 heterocycles. The van der Waals surface area contributed by atoms with Gasteiger partial charge in [-0.1, -0.05) is 54.0 Å². The molecular formula is C40H47N11O8. The molecule has 2 atom stereocenters. The van der Waals surface area contributed by atoms with Gasteiger partial charge in [0.05, 0.1) is 5.56 Å². The van der Waals surface area contributed by atoms with Gasteiger partial charge in [-0.05, 0) is 82.1 Å². The van der Waals surface area contributed by atoms with Crippen LogP contribution < -0.4 is 32.3 Å². The van der Waals surface area contributed by atoms with Gasteiger partial charge in [-0.2, -0.15) is 9.36 Å². The number of nitrogens with two attached hydrogens (primary N) is 2. The van der Waals surface area contributed by atoms with E-state index in [1.54, 1.807) is 0 Å². The predicted octanol–water partition coefficient (Wildman–Crippen LogP) is 3.21. The van der Waals surface area contributed by atoms with E-state index in [2.05, 4.69) is 45.2 Å². The van der Waals surface area contributed by atoms with Gasteiger partial charge in [0.25, 0.3) is 11.8 Å². The molecule has 0 saturated carbocycles. The van der Waals surface area contributed by atoms with Crippen LogP contribution in [0.2, 0.25) is 0 Å². The molecule has 0 spiro atoms. The number of allylic oxidation sites excluding steroid dienone is 3. The number of amides is 2. The van der Waals surface area contributed by atoms with Crippen molar-refractivity contribution in [2.24, 2.45) is 17.4 Å². The van der Waals surface area contributed by atoms with E-state index in [1.807, 2.05) is 26.0 Å². The number of esters is 2. The Kier molecular flexibility index (Phi) is 12.9. The first kappa shape index (κ1) is 41.8. The molecule has 6 rings (SSSR count). The predicted molar refractivity (Wildman–Crippen MR) is 213 cm³/mol. The third-order valence-electron chi connectivity index (χ3n) is 10.3. The van der Waals surface area contributed by atoms with Crippen molar-refractivity contribution in [3.8, 4) is 11.5 Å². The first-order valence-corrected chi connectivity index (χ1v) is 19.5. The molecule has 59 heavy (non-hydrogen) atoms. The van der Waals surface area contributed by atoms with Gasteiger partial charge >= 0.3 is 23.3 Å². The monoisotopic (exact) mass is 809 g/mol. The van der Waals surface area contributed by atoms with E-state index in [0.29, 0.717) is 12.0 Å². The topological polar surface area (TPSA) is 256 Å². The highest BCUT2D eigenvalue weighted by Gasteiger charge is 2.33. The molecule has 1 aliphatic carbocycles. The smallest absolute Gasteiger partial charge is 0.352 e. The average Bonchev–Trinajstić information content (AvgIpc) is 3.83. The fourth-order valence-electron chi connectivity index (χ4n) is 7.30. The zero-order valence-electron chi connectivity index (χ0n) is 33.3. The standard InChI is InChI=1S/C40H47N11O8/c1-5-6-7-10-25-20-29(58-31(52)11-8-16-50-39(56)48-18-15-27(35(41)54)37(48)44-46-50)33(28-19-24(4)13-14-26(28)23(2)3)30(21-25)59-32(53)12-9-17-51-40(57)49-22-43-34(36(42)55)38(49)45-47-51/h15,18-22,26,28H,2,5-14,16-17H2,1,3-4H3,(H2,41,54)(H2,42,55)/t26-,28+/m0/s1. The summed E-state index contributed by atoms with van der Waals surface area (Å²) in [5.41, 5.74) is 12.8. The second-order valence-corrected chi connectivity index (χ2v) is 14.8. The highest BCUT2D eigenvalue weighted by Crippen LogP contribution is 2.47. The third-order valence-corrected chi connectivity index (χ3v) is 10.3. The Balaban J connectivity index is 1.25. The molecule has 5 aromatic rings. The minimum Gasteiger partial charge on any atom is -0.426 e. The van der Waals surface area contributed by atoms with Gasteiger partial charge in [-0.15, -0.1) is 10.2 Å². The second kappa shape index (κ2) is 18.2. The van der Waals surface area contributed by atoms with Crippen LogP contribution in [0.1, 0.15) is 116 Å². The van der Waals surface area contributed by atoms with Crippen molar-refractivity contribution in [1.29, 1.82) is 0 Å². The molecule has 4 aromatic heterocycles. The molecule has 0 aliphatic heterocycles. The van der Waals surface area contributed by atoms with Crippen molar-refractivity contribution in [2.75, 3.05) is 0 Å². The number of rotatable bonds is 18. The average molecular weight is 810 g/mol. The number of fused-ring (bicyclic) bond motifs is 2. The maximum absolute atomic E-state index is 13.6. The summed E-state index contributed by atoms with van der Waals surface area (Å²) in [5.74, 6) is -2.56. The Hall–Kier alpha value is -6.79. The summed E-state index contributed by atoms with van der Waals surface area (Å²) in [4.78, 5) is 80.4. The number of aryl methyl sites for hydroxylation is 3. The highest BCUT2D eigenvalue weighted by atomic mass is 16.5. The van der Waals surface area contributed by atoms with E-state index in [1.165, 1.54) is 16.7 Å². The van der Waals surface area contributed by atoms with Crippen molar-refractivity contribution in [2.45, 2.75) is 104 Å². The number of unbranched alkanes of at least 4 members (excludes halogenated alkanes) is 2. The Morgan fingerprint density at radius 1 is 0.864 bits per heavy atom. The number of benzene rings is 1. The quantitative estimate of drug-likeness (QED) is 0.0559. The second-order valence-electron chi connectivity index (χ2n) is 14.8. The SMILES string of the molecule is C=C(C)[C@@H]1CCC(C)=C[C@H]1c1c(OC(=O)CCCn2nnc3c(C(N)=O)ccn3c2=O)cc(CCCCC)cc1OC(=O)CCCn1nnc2c(C(N)=O)ncn2c1=O. The van der Waals surface area contributed by atoms with Crippen LogP contribution >= 0.6 is 0 Å². The summed E-state index contributed by atoms with van der Waals surface area (Å²) in [6.45, 7) is 10.4. The van der Waals surface area contributed by atoms with Gasteiger partial charge < -0.3 is 20.9 Å². The van der Waals surface area contributed by atoms with E-state index in [-0.39, 0.29) is 84.7 Å². The van der Waals surface area contributed by atoms with E-state index >= 15 is 0 Å². The molecule has 310 valence electrons. The number of aromatic nitrogens is 9. The Labute approximate surface area is 337 Å². The Morgan fingerprint density at radius 3 is 2.05 bits per heavy atom. The van der Waals surface area contributed by atoms with Crippen molar-refractivity contribution >= 4 is 35.0 Å². The summed E-state index contributed by atoms with van der Waals surface area (Å²) in [5, 5.41) is 15.7. The van der Waals surface area contributed by atoms with Crippen molar-refractivity contribution in [3.05, 3.63) is 97.9 Å². The number of primary amides is 2. The Bertz CT molecular complexity index is 2450. The molecule has 0 fully saturated rings. The molecule has 19 nitrogen and oxygen atoms in total. The van der Waals surface area contributed by atoms with Gasteiger partial charge in [0.15, 0.2) is 17.0 Å². The molecule has 0 saturated heterocycles. The molecule has 0 unspecified atom stereocenters. The van der Waals surface area contributed by atoms with E-state index in [0.717, 1.165) is 68.9 Å². The lowest BCUT2D eigenvalue weighted by Gasteiger charge is -2.32. The normalized spacial score (nSPS) is 15.3. The number of hydrogen-bond acceptors (Lipinski definition) is 13. The van der Waals surface area contributed by atoms with E-state index in [4.69, 9.17) is 20.9 Å². The van der Waals surface area contributed by atoms with Gasteiger partial charge in [-0.3, -0.25) is 19.2 Å². The summed E-state index contributed by atoms with van der Waals surface area (Å²) < 4.78 is 16.7. The third kappa shape index (κ3) is 9.34. The summed E-state index contributed by atoms with van der Waals surface area (Å²) in [7, 11) is 0. The van der Waals surface area contributed by atoms with Crippen LogP contribution in [0.4, 0.5) is 0 Å². The summed E-state index contributed by atoms with van der Waals surface area (Å²) in [6, 6.07) is 5.06. The minimum absolute atomic E-state index is 0.0153. The van der Waals surface area contributed by atoms with Crippen molar-refractivity contribution in [1.82, 2.24) is 43.8 Å². The summed E-state index contributed by atoms with van der Waals surface area (Å²) >= 11 is 0. The molecule has 0 radical (unpaired) electrons. The number of hydrogen-bond donors (Lipinski definition) is 2. The Morgan fingerprint density at radius 2 is 1.47 bits per heavy atom. The fraction of sp³-hybridized carbons (Fsp3) is 0.425. The van der Waals surface area contributed by atoms with E-state index in [9.17, 15) is 28.8 Å². The number of imidazole rings is 1. The molecule has 0 bridgehead atoms. The molecule has 19 heteroatoms. The minimum atomic E-state index is -0.847. The number of ether oxygens (including phenoxy) is 2. The lowest BCUT2D eigenvalue weighted by Crippen LogP contribution is -2.30. The molecule has 1 aliphatic rings. The maximum Gasteiger partial charge on any atom is 0.352 e. The van der Waals surface area contributed by atoms with Crippen LogP contribution in [0.25, 0.3) is 11.3 Å². The number of carbonyl (C=O) groups is 4.